The van der Waals surface area contributed by atoms with Crippen LogP contribution in [0, 0.1) is 22.2 Å². The number of hydrogen-bond acceptors (Lipinski definition) is 3. The second-order valence-corrected chi connectivity index (χ2v) is 5.37. The molecule has 21 heavy (non-hydrogen) atoms. The van der Waals surface area contributed by atoms with Gasteiger partial charge in [-0.15, -0.1) is 0 Å². The van der Waals surface area contributed by atoms with Gasteiger partial charge in [-0.25, -0.2) is 18.2 Å². The molecule has 1 aromatic carbocycles. The van der Waals surface area contributed by atoms with Crippen LogP contribution in [0.3, 0.4) is 0 Å². The van der Waals surface area contributed by atoms with Gasteiger partial charge in [-0.05, 0) is 18.3 Å². The summed E-state index contributed by atoms with van der Waals surface area (Å²) in [5.74, 6) is -3.71. The highest BCUT2D eigenvalue weighted by atomic mass is 32.1. The second-order valence-electron chi connectivity index (χ2n) is 4.99. The van der Waals surface area contributed by atoms with E-state index >= 15 is 0 Å². The largest absolute Gasteiger partial charge is 0.334 e. The first-order valence-electron chi connectivity index (χ1n) is 6.46. The molecule has 0 aliphatic carbocycles. The zero-order valence-electron chi connectivity index (χ0n) is 11.0. The Labute approximate surface area is 124 Å². The van der Waals surface area contributed by atoms with Crippen LogP contribution in [0.25, 0.3) is 0 Å². The van der Waals surface area contributed by atoms with Crippen LogP contribution in [0.4, 0.5) is 13.2 Å². The number of aromatic amines is 1. The molecule has 2 aromatic rings. The highest BCUT2D eigenvalue weighted by Crippen LogP contribution is 2.21. The highest BCUT2D eigenvalue weighted by molar-refractivity contribution is 7.71. The standard InChI is InChI=1S/C14H12F3N3S/c15-10-2-1-8(12(16)13(10)17)6-20-4-3-11-9(7-20)5-18-14(21)19-11/h1-2,5H,3-4,6-7H2,(H,18,19,21). The number of fused-ring (bicyclic) bond motifs is 1. The molecule has 0 bridgehead atoms. The maximum atomic E-state index is 13.7. The monoisotopic (exact) mass is 311 g/mol. The minimum atomic E-state index is -1.42. The first kappa shape index (κ1) is 14.2. The second kappa shape index (κ2) is 5.57. The van der Waals surface area contributed by atoms with E-state index in [-0.39, 0.29) is 12.1 Å². The van der Waals surface area contributed by atoms with Crippen LogP contribution in [0.2, 0.25) is 0 Å². The van der Waals surface area contributed by atoms with E-state index in [2.05, 4.69) is 9.97 Å². The number of nitrogens with zero attached hydrogens (tertiary/aromatic N) is 2. The lowest BCUT2D eigenvalue weighted by atomic mass is 10.1. The fourth-order valence-electron chi connectivity index (χ4n) is 2.47. The molecule has 0 spiro atoms. The number of H-pyrrole nitrogens is 1. The molecule has 3 rings (SSSR count). The van der Waals surface area contributed by atoms with Gasteiger partial charge < -0.3 is 4.98 Å². The van der Waals surface area contributed by atoms with Crippen LogP contribution in [0.1, 0.15) is 16.8 Å². The highest BCUT2D eigenvalue weighted by Gasteiger charge is 2.20. The van der Waals surface area contributed by atoms with Gasteiger partial charge in [-0.1, -0.05) is 6.07 Å². The molecule has 0 saturated heterocycles. The SMILES string of the molecule is Fc1ccc(CN2CCc3[nH]c(=S)ncc3C2)c(F)c1F. The maximum Gasteiger partial charge on any atom is 0.196 e. The molecule has 0 radical (unpaired) electrons. The number of halogens is 3. The van der Waals surface area contributed by atoms with Gasteiger partial charge in [0.1, 0.15) is 0 Å². The van der Waals surface area contributed by atoms with Gasteiger partial charge in [0.15, 0.2) is 22.2 Å². The normalized spacial score (nSPS) is 15.0. The van der Waals surface area contributed by atoms with Crippen LogP contribution in [0.15, 0.2) is 18.3 Å². The summed E-state index contributed by atoms with van der Waals surface area (Å²) in [5, 5.41) is 0. The molecule has 2 heterocycles. The Morgan fingerprint density at radius 2 is 2.05 bits per heavy atom. The minimum absolute atomic E-state index is 0.147. The van der Waals surface area contributed by atoms with Crippen molar-refractivity contribution >= 4 is 12.2 Å². The Morgan fingerprint density at radius 1 is 1.24 bits per heavy atom. The number of benzene rings is 1. The summed E-state index contributed by atoms with van der Waals surface area (Å²) >= 11 is 4.97. The van der Waals surface area contributed by atoms with Crippen molar-refractivity contribution in [3.8, 4) is 0 Å². The molecule has 7 heteroatoms. The zero-order valence-corrected chi connectivity index (χ0v) is 11.8. The van der Waals surface area contributed by atoms with Gasteiger partial charge >= 0.3 is 0 Å². The summed E-state index contributed by atoms with van der Waals surface area (Å²) in [6, 6.07) is 2.23. The number of rotatable bonds is 2. The third-order valence-electron chi connectivity index (χ3n) is 3.56. The van der Waals surface area contributed by atoms with E-state index in [1.165, 1.54) is 6.07 Å². The fraction of sp³-hybridized carbons (Fsp3) is 0.286. The van der Waals surface area contributed by atoms with Crippen molar-refractivity contribution in [2.24, 2.45) is 0 Å². The molecular formula is C14H12F3N3S. The third-order valence-corrected chi connectivity index (χ3v) is 3.77. The van der Waals surface area contributed by atoms with Crippen molar-refractivity contribution < 1.29 is 13.2 Å². The summed E-state index contributed by atoms with van der Waals surface area (Å²) in [6.45, 7) is 1.46. The third kappa shape index (κ3) is 2.84. The summed E-state index contributed by atoms with van der Waals surface area (Å²) in [5.41, 5.74) is 2.16. The lowest BCUT2D eigenvalue weighted by molar-refractivity contribution is 0.238. The van der Waals surface area contributed by atoms with Crippen LogP contribution < -0.4 is 0 Å². The molecule has 0 amide bonds. The lowest BCUT2D eigenvalue weighted by Gasteiger charge is -2.28. The summed E-state index contributed by atoms with van der Waals surface area (Å²) < 4.78 is 40.3. The Morgan fingerprint density at radius 3 is 2.86 bits per heavy atom. The van der Waals surface area contributed by atoms with E-state index in [1.54, 1.807) is 6.20 Å². The molecule has 0 atom stereocenters. The minimum Gasteiger partial charge on any atom is -0.334 e. The van der Waals surface area contributed by atoms with Gasteiger partial charge in [-0.2, -0.15) is 0 Å². The van der Waals surface area contributed by atoms with E-state index in [9.17, 15) is 13.2 Å². The summed E-state index contributed by atoms with van der Waals surface area (Å²) in [4.78, 5) is 9.01. The molecular weight excluding hydrogens is 299 g/mol. The van der Waals surface area contributed by atoms with Gasteiger partial charge in [-0.3, -0.25) is 4.90 Å². The Balaban J connectivity index is 1.80. The van der Waals surface area contributed by atoms with Crippen LogP contribution >= 0.6 is 12.2 Å². The first-order valence-corrected chi connectivity index (χ1v) is 6.87. The Hall–Kier alpha value is -1.73. The number of aromatic nitrogens is 2. The molecule has 3 nitrogen and oxygen atoms in total. The molecule has 0 unspecified atom stereocenters. The Bertz CT molecular complexity index is 745. The lowest BCUT2D eigenvalue weighted by Crippen LogP contribution is -2.31. The van der Waals surface area contributed by atoms with Gasteiger partial charge in [0.05, 0.1) is 0 Å². The molecule has 1 N–H and O–H groups in total. The van der Waals surface area contributed by atoms with E-state index in [0.29, 0.717) is 17.9 Å². The predicted octanol–water partition coefficient (Wildman–Crippen LogP) is 3.11. The van der Waals surface area contributed by atoms with Crippen LogP contribution in [-0.4, -0.2) is 21.4 Å². The molecule has 0 fully saturated rings. The number of nitrogens with one attached hydrogen (secondary N) is 1. The van der Waals surface area contributed by atoms with Crippen molar-refractivity contribution in [2.75, 3.05) is 6.54 Å². The quantitative estimate of drug-likeness (QED) is 0.683. The van der Waals surface area contributed by atoms with Crippen LogP contribution in [-0.2, 0) is 19.5 Å². The van der Waals surface area contributed by atoms with E-state index in [0.717, 1.165) is 23.7 Å². The van der Waals surface area contributed by atoms with Crippen molar-refractivity contribution in [3.05, 3.63) is 57.4 Å². The van der Waals surface area contributed by atoms with E-state index in [1.807, 2.05) is 4.90 Å². The van der Waals surface area contributed by atoms with Crippen molar-refractivity contribution in [1.29, 1.82) is 0 Å². The fourth-order valence-corrected chi connectivity index (χ4v) is 2.65. The van der Waals surface area contributed by atoms with E-state index < -0.39 is 17.5 Å². The maximum absolute atomic E-state index is 13.7. The molecule has 1 aliphatic rings. The topological polar surface area (TPSA) is 31.9 Å². The first-order chi connectivity index (χ1) is 10.0. The molecule has 110 valence electrons. The van der Waals surface area contributed by atoms with Crippen molar-refractivity contribution in [3.63, 3.8) is 0 Å². The summed E-state index contributed by atoms with van der Waals surface area (Å²) in [7, 11) is 0. The Kier molecular flexibility index (Phi) is 3.77. The smallest absolute Gasteiger partial charge is 0.196 e. The van der Waals surface area contributed by atoms with Crippen molar-refractivity contribution in [2.45, 2.75) is 19.5 Å². The zero-order chi connectivity index (χ0) is 15.0. The van der Waals surface area contributed by atoms with E-state index in [4.69, 9.17) is 12.2 Å². The van der Waals surface area contributed by atoms with Gasteiger partial charge in [0.2, 0.25) is 0 Å². The number of hydrogen-bond donors (Lipinski definition) is 1. The molecule has 0 saturated carbocycles. The van der Waals surface area contributed by atoms with Gasteiger partial charge in [0.25, 0.3) is 0 Å². The summed E-state index contributed by atoms with van der Waals surface area (Å²) in [6.07, 6.45) is 2.43. The van der Waals surface area contributed by atoms with Crippen molar-refractivity contribution in [1.82, 2.24) is 14.9 Å². The molecule has 1 aliphatic heterocycles. The van der Waals surface area contributed by atoms with Crippen LogP contribution in [0.5, 0.6) is 0 Å². The molecule has 1 aromatic heterocycles. The average molecular weight is 311 g/mol. The van der Waals surface area contributed by atoms with Gasteiger partial charge in [0, 0.05) is 49.1 Å². The predicted molar refractivity (Wildman–Crippen MR) is 73.6 cm³/mol. The average Bonchev–Trinajstić information content (AvgIpc) is 2.48.